The first-order chi connectivity index (χ1) is 8.33. The molecule has 0 aliphatic carbocycles. The minimum Gasteiger partial charge on any atom is -0.378 e. The molecule has 1 nitrogen and oxygen atoms in total. The molecule has 1 unspecified atom stereocenters. The first kappa shape index (κ1) is 14.2. The van der Waals surface area contributed by atoms with Crippen LogP contribution in [0.25, 0.3) is 0 Å². The molecule has 0 fully saturated rings. The third-order valence-electron chi connectivity index (χ3n) is 3.08. The molecule has 1 heteroatoms. The second-order valence-electron chi connectivity index (χ2n) is 4.77. The van der Waals surface area contributed by atoms with E-state index in [-0.39, 0.29) is 0 Å². The summed E-state index contributed by atoms with van der Waals surface area (Å²) < 4.78 is 5.81. The van der Waals surface area contributed by atoms with E-state index in [1.165, 1.54) is 31.2 Å². The molecule has 1 aromatic rings. The van der Waals surface area contributed by atoms with Crippen molar-refractivity contribution in [2.75, 3.05) is 6.61 Å². The number of aryl methyl sites for hydroxylation is 1. The van der Waals surface area contributed by atoms with Gasteiger partial charge in [-0.3, -0.25) is 0 Å². The van der Waals surface area contributed by atoms with Crippen LogP contribution >= 0.6 is 0 Å². The third kappa shape index (κ3) is 7.17. The molecule has 0 radical (unpaired) electrons. The van der Waals surface area contributed by atoms with Gasteiger partial charge in [0.25, 0.3) is 0 Å². The molecule has 0 saturated heterocycles. The highest BCUT2D eigenvalue weighted by Crippen LogP contribution is 2.08. The maximum atomic E-state index is 5.81. The molecule has 0 N–H and O–H groups in total. The van der Waals surface area contributed by atoms with Gasteiger partial charge in [0.15, 0.2) is 0 Å². The molecule has 0 saturated carbocycles. The van der Waals surface area contributed by atoms with Crippen LogP contribution in [0.5, 0.6) is 0 Å². The van der Waals surface area contributed by atoms with E-state index in [0.29, 0.717) is 6.10 Å². The maximum Gasteiger partial charge on any atom is 0.0550 e. The molecule has 17 heavy (non-hydrogen) atoms. The third-order valence-corrected chi connectivity index (χ3v) is 3.08. The Balaban J connectivity index is 2.03. The molecule has 1 rings (SSSR count). The van der Waals surface area contributed by atoms with E-state index in [2.05, 4.69) is 44.2 Å². The van der Waals surface area contributed by atoms with Crippen LogP contribution in [0.1, 0.15) is 51.5 Å². The number of hydrogen-bond donors (Lipinski definition) is 0. The number of benzene rings is 1. The van der Waals surface area contributed by atoms with Gasteiger partial charge in [-0.25, -0.2) is 0 Å². The lowest BCUT2D eigenvalue weighted by molar-refractivity contribution is 0.0578. The lowest BCUT2D eigenvalue weighted by Gasteiger charge is -2.12. The smallest absolute Gasteiger partial charge is 0.0550 e. The van der Waals surface area contributed by atoms with Gasteiger partial charge in [0, 0.05) is 6.61 Å². The van der Waals surface area contributed by atoms with Crippen molar-refractivity contribution in [3.8, 4) is 0 Å². The van der Waals surface area contributed by atoms with Crippen molar-refractivity contribution in [3.05, 3.63) is 35.9 Å². The average molecular weight is 234 g/mol. The Morgan fingerprint density at radius 2 is 1.82 bits per heavy atom. The molecular weight excluding hydrogens is 208 g/mol. The number of ether oxygens (including phenoxy) is 1. The van der Waals surface area contributed by atoms with Crippen LogP contribution in [-0.4, -0.2) is 12.7 Å². The summed E-state index contributed by atoms with van der Waals surface area (Å²) in [5.41, 5.74) is 1.41. The maximum absolute atomic E-state index is 5.81. The van der Waals surface area contributed by atoms with Crippen LogP contribution in [0, 0.1) is 0 Å². The Morgan fingerprint density at radius 3 is 2.53 bits per heavy atom. The fourth-order valence-corrected chi connectivity index (χ4v) is 1.91. The van der Waals surface area contributed by atoms with Crippen molar-refractivity contribution in [3.63, 3.8) is 0 Å². The average Bonchev–Trinajstić information content (AvgIpc) is 2.37. The summed E-state index contributed by atoms with van der Waals surface area (Å²) in [6, 6.07) is 10.6. The van der Waals surface area contributed by atoms with Gasteiger partial charge in [0.2, 0.25) is 0 Å². The summed E-state index contributed by atoms with van der Waals surface area (Å²) in [6.45, 7) is 5.35. The Hall–Kier alpha value is -0.820. The van der Waals surface area contributed by atoms with E-state index >= 15 is 0 Å². The molecule has 1 aromatic carbocycles. The largest absolute Gasteiger partial charge is 0.378 e. The predicted molar refractivity (Wildman–Crippen MR) is 74.3 cm³/mol. The van der Waals surface area contributed by atoms with Crippen LogP contribution in [0.15, 0.2) is 30.3 Å². The minimum absolute atomic E-state index is 0.386. The zero-order valence-corrected chi connectivity index (χ0v) is 11.3. The van der Waals surface area contributed by atoms with Crippen molar-refractivity contribution in [2.45, 2.75) is 58.5 Å². The summed E-state index contributed by atoms with van der Waals surface area (Å²) in [5, 5.41) is 0. The summed E-state index contributed by atoms with van der Waals surface area (Å²) in [7, 11) is 0. The number of unbranched alkanes of at least 4 members (excludes halogenated alkanes) is 3. The van der Waals surface area contributed by atoms with Crippen molar-refractivity contribution >= 4 is 0 Å². The number of rotatable bonds is 9. The molecule has 0 aliphatic heterocycles. The summed E-state index contributed by atoms with van der Waals surface area (Å²) >= 11 is 0. The molecule has 0 heterocycles. The lowest BCUT2D eigenvalue weighted by Crippen LogP contribution is -2.10. The van der Waals surface area contributed by atoms with E-state index in [1.807, 2.05) is 0 Å². The standard InChI is InChI=1S/C16H26O/c1-3-4-5-9-14-17-15(2)12-13-16-10-7-6-8-11-16/h6-8,10-11,15H,3-5,9,12-14H2,1-2H3. The normalized spacial score (nSPS) is 12.6. The predicted octanol–water partition coefficient (Wildman–Crippen LogP) is 4.60. The first-order valence-corrected chi connectivity index (χ1v) is 6.98. The Labute approximate surface area is 106 Å². The van der Waals surface area contributed by atoms with Crippen LogP contribution in [-0.2, 0) is 11.2 Å². The van der Waals surface area contributed by atoms with Crippen LogP contribution < -0.4 is 0 Å². The van der Waals surface area contributed by atoms with Crippen molar-refractivity contribution < 1.29 is 4.74 Å². The fourth-order valence-electron chi connectivity index (χ4n) is 1.91. The van der Waals surface area contributed by atoms with Crippen LogP contribution in [0.4, 0.5) is 0 Å². The Kier molecular flexibility index (Phi) is 7.74. The second kappa shape index (κ2) is 9.23. The first-order valence-electron chi connectivity index (χ1n) is 6.98. The molecule has 1 atom stereocenters. The van der Waals surface area contributed by atoms with Crippen molar-refractivity contribution in [1.29, 1.82) is 0 Å². The van der Waals surface area contributed by atoms with Gasteiger partial charge in [-0.2, -0.15) is 0 Å². The van der Waals surface area contributed by atoms with Gasteiger partial charge in [-0.05, 0) is 31.7 Å². The minimum atomic E-state index is 0.386. The van der Waals surface area contributed by atoms with Gasteiger partial charge >= 0.3 is 0 Å². The van der Waals surface area contributed by atoms with Gasteiger partial charge in [0.05, 0.1) is 6.10 Å². The van der Waals surface area contributed by atoms with Crippen molar-refractivity contribution in [2.24, 2.45) is 0 Å². The molecule has 96 valence electrons. The van der Waals surface area contributed by atoms with E-state index < -0.39 is 0 Å². The van der Waals surface area contributed by atoms with E-state index in [1.54, 1.807) is 0 Å². The topological polar surface area (TPSA) is 9.23 Å². The van der Waals surface area contributed by atoms with Gasteiger partial charge < -0.3 is 4.74 Å². The Bertz CT molecular complexity index is 268. The van der Waals surface area contributed by atoms with Gasteiger partial charge in [0.1, 0.15) is 0 Å². The zero-order valence-electron chi connectivity index (χ0n) is 11.3. The molecule has 0 bridgehead atoms. The van der Waals surface area contributed by atoms with Gasteiger partial charge in [-0.15, -0.1) is 0 Å². The SMILES string of the molecule is CCCCCCOC(C)CCc1ccccc1. The van der Waals surface area contributed by atoms with Gasteiger partial charge in [-0.1, -0.05) is 56.5 Å². The van der Waals surface area contributed by atoms with E-state index in [4.69, 9.17) is 4.74 Å². The van der Waals surface area contributed by atoms with E-state index in [0.717, 1.165) is 19.4 Å². The summed E-state index contributed by atoms with van der Waals surface area (Å²) in [5.74, 6) is 0. The molecular formula is C16H26O. The van der Waals surface area contributed by atoms with Crippen LogP contribution in [0.3, 0.4) is 0 Å². The molecule has 0 amide bonds. The summed E-state index contributed by atoms with van der Waals surface area (Å²) in [4.78, 5) is 0. The quantitative estimate of drug-likeness (QED) is 0.567. The molecule has 0 aliphatic rings. The van der Waals surface area contributed by atoms with E-state index in [9.17, 15) is 0 Å². The highest BCUT2D eigenvalue weighted by Gasteiger charge is 2.02. The number of hydrogen-bond acceptors (Lipinski definition) is 1. The molecule has 0 spiro atoms. The molecule has 0 aromatic heterocycles. The Morgan fingerprint density at radius 1 is 1.06 bits per heavy atom. The lowest BCUT2D eigenvalue weighted by atomic mass is 10.1. The highest BCUT2D eigenvalue weighted by atomic mass is 16.5. The van der Waals surface area contributed by atoms with Crippen LogP contribution in [0.2, 0.25) is 0 Å². The highest BCUT2D eigenvalue weighted by molar-refractivity contribution is 5.14. The monoisotopic (exact) mass is 234 g/mol. The summed E-state index contributed by atoms with van der Waals surface area (Å²) in [6.07, 6.45) is 7.78. The zero-order chi connectivity index (χ0) is 12.3. The van der Waals surface area contributed by atoms with Crippen molar-refractivity contribution in [1.82, 2.24) is 0 Å². The fraction of sp³-hybridized carbons (Fsp3) is 0.625. The second-order valence-corrected chi connectivity index (χ2v) is 4.77.